The molecule has 0 aromatic carbocycles. The fourth-order valence-electron chi connectivity index (χ4n) is 2.56. The Morgan fingerprint density at radius 2 is 2.24 bits per heavy atom. The zero-order valence-electron chi connectivity index (χ0n) is 11.4. The van der Waals surface area contributed by atoms with Crippen molar-refractivity contribution in [3.05, 3.63) is 23.0 Å². The van der Waals surface area contributed by atoms with Crippen LogP contribution in [0.5, 0.6) is 0 Å². The summed E-state index contributed by atoms with van der Waals surface area (Å²) in [7, 11) is 0. The van der Waals surface area contributed by atoms with Crippen molar-refractivity contribution in [2.45, 2.75) is 37.4 Å². The predicted octanol–water partition coefficient (Wildman–Crippen LogP) is -0.512. The van der Waals surface area contributed by atoms with Crippen LogP contribution in [0.1, 0.15) is 20.1 Å². The van der Waals surface area contributed by atoms with Gasteiger partial charge in [0.05, 0.1) is 19.3 Å². The molecule has 1 aliphatic rings. The van der Waals surface area contributed by atoms with E-state index in [1.807, 2.05) is 0 Å². The number of imidazole rings is 1. The number of nitrogens with zero attached hydrogens (tertiary/aromatic N) is 3. The van der Waals surface area contributed by atoms with E-state index in [0.717, 1.165) is 0 Å². The van der Waals surface area contributed by atoms with Gasteiger partial charge in [0.2, 0.25) is 0 Å². The monoisotopic (exact) mass is 298 g/mol. The lowest BCUT2D eigenvalue weighted by atomic mass is 9.85. The first kappa shape index (κ1) is 14.1. The van der Waals surface area contributed by atoms with Crippen LogP contribution in [0.15, 0.2) is 17.4 Å². The van der Waals surface area contributed by atoms with E-state index >= 15 is 4.39 Å². The number of hydrogen-bond acceptors (Lipinski definition) is 6. The normalized spacial score (nSPS) is 36.4. The standard InChI is InChI=1S/C12H15FN4O4/c1-11(13)10(21-6(3-18)12(11,2)20)17-5-16-7-8(17)14-4-15-9(7)19/h4-6,10,18,20H,3H2,1-2H3,(H,14,15,19)/t6-,10?,11+,12?/m1/s1. The summed E-state index contributed by atoms with van der Waals surface area (Å²) in [4.78, 5) is 21.8. The average Bonchev–Trinajstić information content (AvgIpc) is 2.90. The summed E-state index contributed by atoms with van der Waals surface area (Å²) in [5, 5.41) is 19.6. The molecule has 1 saturated heterocycles. The van der Waals surface area contributed by atoms with Gasteiger partial charge in [0.15, 0.2) is 23.1 Å². The van der Waals surface area contributed by atoms with Gasteiger partial charge in [-0.3, -0.25) is 9.36 Å². The Morgan fingerprint density at radius 3 is 2.86 bits per heavy atom. The van der Waals surface area contributed by atoms with Crippen molar-refractivity contribution in [2.75, 3.05) is 6.61 Å². The van der Waals surface area contributed by atoms with Crippen LogP contribution in [0.2, 0.25) is 0 Å². The van der Waals surface area contributed by atoms with Crippen LogP contribution in [0, 0.1) is 0 Å². The van der Waals surface area contributed by atoms with E-state index in [2.05, 4.69) is 15.0 Å². The third-order valence-electron chi connectivity index (χ3n) is 4.16. The van der Waals surface area contributed by atoms with E-state index < -0.39 is 35.8 Å². The van der Waals surface area contributed by atoms with Crippen LogP contribution in [0.3, 0.4) is 0 Å². The third-order valence-corrected chi connectivity index (χ3v) is 4.16. The molecule has 0 bridgehead atoms. The van der Waals surface area contributed by atoms with Crippen molar-refractivity contribution in [3.8, 4) is 0 Å². The van der Waals surface area contributed by atoms with Crippen molar-refractivity contribution in [2.24, 2.45) is 0 Å². The molecule has 1 fully saturated rings. The molecule has 0 spiro atoms. The first-order valence-corrected chi connectivity index (χ1v) is 6.38. The van der Waals surface area contributed by atoms with Crippen LogP contribution in [0.25, 0.3) is 11.2 Å². The summed E-state index contributed by atoms with van der Waals surface area (Å²) in [5.41, 5.74) is -4.38. The molecule has 0 radical (unpaired) electrons. The summed E-state index contributed by atoms with van der Waals surface area (Å²) < 4.78 is 21.7. The highest BCUT2D eigenvalue weighted by Gasteiger charge is 2.63. The number of aliphatic hydroxyl groups excluding tert-OH is 1. The maximum absolute atomic E-state index is 15.0. The first-order chi connectivity index (χ1) is 9.80. The Labute approximate surface area is 118 Å². The predicted molar refractivity (Wildman–Crippen MR) is 69.3 cm³/mol. The van der Waals surface area contributed by atoms with Crippen molar-refractivity contribution < 1.29 is 19.3 Å². The number of rotatable bonds is 2. The number of hydrogen-bond donors (Lipinski definition) is 3. The maximum Gasteiger partial charge on any atom is 0.278 e. The van der Waals surface area contributed by atoms with Gasteiger partial charge in [-0.1, -0.05) is 0 Å². The minimum Gasteiger partial charge on any atom is -0.394 e. The van der Waals surface area contributed by atoms with Gasteiger partial charge in [0.25, 0.3) is 5.56 Å². The molecule has 0 saturated carbocycles. The van der Waals surface area contributed by atoms with E-state index in [1.165, 1.54) is 31.1 Å². The molecular weight excluding hydrogens is 283 g/mol. The molecule has 0 amide bonds. The fourth-order valence-corrected chi connectivity index (χ4v) is 2.56. The molecular formula is C12H15FN4O4. The average molecular weight is 298 g/mol. The highest BCUT2D eigenvalue weighted by molar-refractivity contribution is 5.69. The number of halogens is 1. The van der Waals surface area contributed by atoms with Crippen molar-refractivity contribution in [1.29, 1.82) is 0 Å². The summed E-state index contributed by atoms with van der Waals surface area (Å²) in [6, 6.07) is 0. The molecule has 2 aromatic heterocycles. The van der Waals surface area contributed by atoms with Gasteiger partial charge in [-0.2, -0.15) is 0 Å². The van der Waals surface area contributed by atoms with Crippen LogP contribution in [-0.4, -0.2) is 53.7 Å². The van der Waals surface area contributed by atoms with Gasteiger partial charge in [0.1, 0.15) is 11.7 Å². The number of aromatic nitrogens is 4. The maximum atomic E-state index is 15.0. The van der Waals surface area contributed by atoms with Crippen LogP contribution >= 0.6 is 0 Å². The molecule has 21 heavy (non-hydrogen) atoms. The number of H-pyrrole nitrogens is 1. The number of ether oxygens (including phenoxy) is 1. The fraction of sp³-hybridized carbons (Fsp3) is 0.583. The van der Waals surface area contributed by atoms with E-state index in [0.29, 0.717) is 0 Å². The Kier molecular flexibility index (Phi) is 2.91. The Balaban J connectivity index is 2.15. The van der Waals surface area contributed by atoms with E-state index in [-0.39, 0.29) is 11.2 Å². The lowest BCUT2D eigenvalue weighted by Crippen LogP contribution is -2.51. The molecule has 1 aliphatic heterocycles. The molecule has 3 heterocycles. The molecule has 3 rings (SSSR count). The molecule has 2 aromatic rings. The minimum atomic E-state index is -2.21. The summed E-state index contributed by atoms with van der Waals surface area (Å²) >= 11 is 0. The Morgan fingerprint density at radius 1 is 1.52 bits per heavy atom. The molecule has 0 aliphatic carbocycles. The van der Waals surface area contributed by atoms with Crippen molar-refractivity contribution in [3.63, 3.8) is 0 Å². The van der Waals surface area contributed by atoms with E-state index in [4.69, 9.17) is 4.74 Å². The van der Waals surface area contributed by atoms with Crippen molar-refractivity contribution >= 4 is 11.2 Å². The zero-order valence-corrected chi connectivity index (χ0v) is 11.4. The first-order valence-electron chi connectivity index (χ1n) is 6.38. The zero-order chi connectivity index (χ0) is 15.4. The number of aromatic amines is 1. The summed E-state index contributed by atoms with van der Waals surface area (Å²) in [6.45, 7) is 1.89. The quantitative estimate of drug-likeness (QED) is 0.688. The van der Waals surface area contributed by atoms with Crippen LogP contribution < -0.4 is 5.56 Å². The second kappa shape index (κ2) is 4.33. The van der Waals surface area contributed by atoms with Crippen LogP contribution in [0.4, 0.5) is 4.39 Å². The number of fused-ring (bicyclic) bond motifs is 1. The van der Waals surface area contributed by atoms with E-state index in [1.54, 1.807) is 0 Å². The van der Waals surface area contributed by atoms with Gasteiger partial charge >= 0.3 is 0 Å². The number of aliphatic hydroxyl groups is 2. The van der Waals surface area contributed by atoms with Crippen molar-refractivity contribution in [1.82, 2.24) is 19.5 Å². The van der Waals surface area contributed by atoms with Gasteiger partial charge < -0.3 is 19.9 Å². The summed E-state index contributed by atoms with van der Waals surface area (Å²) in [5.74, 6) is 0. The highest BCUT2D eigenvalue weighted by atomic mass is 19.1. The minimum absolute atomic E-state index is 0.0454. The Bertz CT molecular complexity index is 738. The topological polar surface area (TPSA) is 113 Å². The number of nitrogens with one attached hydrogen (secondary N) is 1. The van der Waals surface area contributed by atoms with Gasteiger partial charge in [0, 0.05) is 0 Å². The second-order valence-electron chi connectivity index (χ2n) is 5.44. The highest BCUT2D eigenvalue weighted by Crippen LogP contribution is 2.48. The van der Waals surface area contributed by atoms with Gasteiger partial charge in [-0.15, -0.1) is 0 Å². The van der Waals surface area contributed by atoms with Crippen LogP contribution in [-0.2, 0) is 4.74 Å². The molecule has 8 nitrogen and oxygen atoms in total. The molecule has 2 unspecified atom stereocenters. The third kappa shape index (κ3) is 1.74. The lowest BCUT2D eigenvalue weighted by molar-refractivity contribution is -0.0891. The molecule has 3 N–H and O–H groups in total. The molecule has 9 heteroatoms. The molecule has 114 valence electrons. The second-order valence-corrected chi connectivity index (χ2v) is 5.44. The van der Waals surface area contributed by atoms with Gasteiger partial charge in [-0.25, -0.2) is 14.4 Å². The smallest absolute Gasteiger partial charge is 0.278 e. The number of alkyl halides is 1. The molecule has 4 atom stereocenters. The van der Waals surface area contributed by atoms with E-state index in [9.17, 15) is 15.0 Å². The van der Waals surface area contributed by atoms with Gasteiger partial charge in [-0.05, 0) is 13.8 Å². The SMILES string of the molecule is CC1(O)[C@@H](CO)OC(n2cnc3c(=O)[nH]cnc32)[C@]1(C)F. The Hall–Kier alpha value is -1.84. The largest absolute Gasteiger partial charge is 0.394 e. The lowest BCUT2D eigenvalue weighted by Gasteiger charge is -2.32. The summed E-state index contributed by atoms with van der Waals surface area (Å²) in [6.07, 6.45) is 0.0428.